The molecule has 1 saturated heterocycles. The van der Waals surface area contributed by atoms with E-state index in [1.807, 2.05) is 24.1 Å². The number of piperazine rings is 1. The SMILES string of the molecule is CCN1CCN(C(=O)C[C@@H](c2ccc([N+](=O)[O-])cc2)c2cn(C)c3ccccc23)CC1. The quantitative estimate of drug-likeness (QED) is 0.450. The third kappa shape index (κ3) is 4.32. The molecule has 1 atom stereocenters. The van der Waals surface area contributed by atoms with E-state index in [0.29, 0.717) is 6.42 Å². The van der Waals surface area contributed by atoms with Crippen LogP contribution in [0.2, 0.25) is 0 Å². The van der Waals surface area contributed by atoms with Crippen LogP contribution in [-0.2, 0) is 11.8 Å². The second-order valence-corrected chi connectivity index (χ2v) is 8.13. The highest BCUT2D eigenvalue weighted by Gasteiger charge is 2.27. The molecule has 1 aliphatic heterocycles. The second kappa shape index (κ2) is 8.89. The molecule has 0 spiro atoms. The van der Waals surface area contributed by atoms with Gasteiger partial charge in [0.05, 0.1) is 4.92 Å². The average molecular weight is 421 g/mol. The summed E-state index contributed by atoms with van der Waals surface area (Å²) in [6, 6.07) is 14.8. The zero-order valence-electron chi connectivity index (χ0n) is 18.0. The summed E-state index contributed by atoms with van der Waals surface area (Å²) < 4.78 is 2.08. The van der Waals surface area contributed by atoms with Crippen LogP contribution in [0.5, 0.6) is 0 Å². The molecule has 0 saturated carbocycles. The van der Waals surface area contributed by atoms with Crippen molar-refractivity contribution >= 4 is 22.5 Å². The summed E-state index contributed by atoms with van der Waals surface area (Å²) in [5, 5.41) is 12.2. The van der Waals surface area contributed by atoms with Gasteiger partial charge in [0.25, 0.3) is 5.69 Å². The number of likely N-dealkylation sites (N-methyl/N-ethyl adjacent to an activating group) is 1. The zero-order valence-corrected chi connectivity index (χ0v) is 18.0. The van der Waals surface area contributed by atoms with Crippen LogP contribution in [0, 0.1) is 10.1 Å². The Balaban J connectivity index is 1.67. The summed E-state index contributed by atoms with van der Waals surface area (Å²) in [5.41, 5.74) is 3.16. The lowest BCUT2D eigenvalue weighted by Crippen LogP contribution is -2.48. The molecule has 0 N–H and O–H groups in total. The number of hydrogen-bond acceptors (Lipinski definition) is 4. The van der Waals surface area contributed by atoms with E-state index in [9.17, 15) is 14.9 Å². The molecular formula is C24H28N4O3. The van der Waals surface area contributed by atoms with Crippen LogP contribution in [0.4, 0.5) is 5.69 Å². The van der Waals surface area contributed by atoms with Crippen LogP contribution in [0.15, 0.2) is 54.7 Å². The number of nitrogens with zero attached hydrogens (tertiary/aromatic N) is 4. The molecule has 0 radical (unpaired) electrons. The molecule has 0 unspecified atom stereocenters. The fourth-order valence-electron chi connectivity index (χ4n) is 4.50. The summed E-state index contributed by atoms with van der Waals surface area (Å²) in [4.78, 5) is 28.3. The summed E-state index contributed by atoms with van der Waals surface area (Å²) in [5.74, 6) is -0.0318. The van der Waals surface area contributed by atoms with Gasteiger partial charge in [0.15, 0.2) is 0 Å². The Kier molecular flexibility index (Phi) is 6.04. The first kappa shape index (κ1) is 21.1. The first-order valence-corrected chi connectivity index (χ1v) is 10.8. The van der Waals surface area contributed by atoms with Crippen molar-refractivity contribution in [3.63, 3.8) is 0 Å². The highest BCUT2D eigenvalue weighted by molar-refractivity contribution is 5.86. The lowest BCUT2D eigenvalue weighted by Gasteiger charge is -2.34. The van der Waals surface area contributed by atoms with Gasteiger partial charge >= 0.3 is 0 Å². The Bertz CT molecular complexity index is 1080. The molecule has 2 aromatic carbocycles. The molecule has 0 aliphatic carbocycles. The van der Waals surface area contributed by atoms with E-state index in [2.05, 4.69) is 34.7 Å². The molecule has 7 heteroatoms. The number of nitro benzene ring substituents is 1. The molecule has 1 aromatic heterocycles. The summed E-state index contributed by atoms with van der Waals surface area (Å²) in [6.07, 6.45) is 2.43. The molecular weight excluding hydrogens is 392 g/mol. The molecule has 1 amide bonds. The van der Waals surface area contributed by atoms with E-state index in [-0.39, 0.29) is 17.5 Å². The first-order valence-electron chi connectivity index (χ1n) is 10.8. The minimum Gasteiger partial charge on any atom is -0.350 e. The maximum Gasteiger partial charge on any atom is 0.269 e. The van der Waals surface area contributed by atoms with Gasteiger partial charge in [0.1, 0.15) is 0 Å². The van der Waals surface area contributed by atoms with E-state index in [1.54, 1.807) is 12.1 Å². The van der Waals surface area contributed by atoms with Gasteiger partial charge in [-0.25, -0.2) is 0 Å². The van der Waals surface area contributed by atoms with E-state index in [4.69, 9.17) is 0 Å². The minimum atomic E-state index is -0.394. The fraction of sp³-hybridized carbons (Fsp3) is 0.375. The zero-order chi connectivity index (χ0) is 22.0. The van der Waals surface area contributed by atoms with Crippen molar-refractivity contribution in [2.45, 2.75) is 19.3 Å². The molecule has 3 aromatic rings. The number of non-ortho nitro benzene ring substituents is 1. The van der Waals surface area contributed by atoms with Gasteiger partial charge in [-0.05, 0) is 23.7 Å². The predicted molar refractivity (Wildman–Crippen MR) is 121 cm³/mol. The van der Waals surface area contributed by atoms with E-state index in [1.165, 1.54) is 12.1 Å². The predicted octanol–water partition coefficient (Wildman–Crippen LogP) is 3.77. The normalized spacial score (nSPS) is 15.9. The fourth-order valence-corrected chi connectivity index (χ4v) is 4.50. The molecule has 7 nitrogen and oxygen atoms in total. The number of carbonyl (C=O) groups excluding carboxylic acids is 1. The van der Waals surface area contributed by atoms with Gasteiger partial charge in [-0.3, -0.25) is 14.9 Å². The monoisotopic (exact) mass is 420 g/mol. The van der Waals surface area contributed by atoms with Crippen LogP contribution >= 0.6 is 0 Å². The molecule has 31 heavy (non-hydrogen) atoms. The van der Waals surface area contributed by atoms with Gasteiger partial charge in [-0.1, -0.05) is 37.3 Å². The number of nitro groups is 1. The highest BCUT2D eigenvalue weighted by atomic mass is 16.6. The van der Waals surface area contributed by atoms with Crippen molar-refractivity contribution in [3.8, 4) is 0 Å². The van der Waals surface area contributed by atoms with Crippen molar-refractivity contribution in [2.75, 3.05) is 32.7 Å². The molecule has 1 fully saturated rings. The van der Waals surface area contributed by atoms with Crippen molar-refractivity contribution in [1.29, 1.82) is 0 Å². The molecule has 4 rings (SSSR count). The van der Waals surface area contributed by atoms with Crippen molar-refractivity contribution in [1.82, 2.24) is 14.4 Å². The number of carbonyl (C=O) groups is 1. The first-order chi connectivity index (χ1) is 15.0. The van der Waals surface area contributed by atoms with Crippen molar-refractivity contribution < 1.29 is 9.72 Å². The number of para-hydroxylation sites is 1. The number of rotatable bonds is 6. The van der Waals surface area contributed by atoms with E-state index >= 15 is 0 Å². The second-order valence-electron chi connectivity index (χ2n) is 8.13. The number of hydrogen-bond donors (Lipinski definition) is 0. The lowest BCUT2D eigenvalue weighted by molar-refractivity contribution is -0.384. The van der Waals surface area contributed by atoms with E-state index < -0.39 is 4.92 Å². The Morgan fingerprint density at radius 2 is 1.74 bits per heavy atom. The largest absolute Gasteiger partial charge is 0.350 e. The highest BCUT2D eigenvalue weighted by Crippen LogP contribution is 2.35. The smallest absolute Gasteiger partial charge is 0.269 e. The average Bonchev–Trinajstić information content (AvgIpc) is 3.14. The standard InChI is InChI=1S/C24H28N4O3/c1-3-26-12-14-27(15-13-26)24(29)16-21(18-8-10-19(11-9-18)28(30)31)22-17-25(2)23-7-5-4-6-20(22)23/h4-11,17,21H,3,12-16H2,1-2H3/t21-/m0/s1. The minimum absolute atomic E-state index is 0.0578. The van der Waals surface area contributed by atoms with Crippen LogP contribution < -0.4 is 0 Å². The van der Waals surface area contributed by atoms with Crippen LogP contribution in [-0.4, -0.2) is 57.9 Å². The Labute approximate surface area is 182 Å². The van der Waals surface area contributed by atoms with Crippen LogP contribution in [0.1, 0.15) is 30.4 Å². The Morgan fingerprint density at radius 3 is 2.39 bits per heavy atom. The summed E-state index contributed by atoms with van der Waals surface area (Å²) >= 11 is 0. The Hall–Kier alpha value is -3.19. The van der Waals surface area contributed by atoms with Crippen molar-refractivity contribution in [3.05, 3.63) is 76.0 Å². The maximum atomic E-state index is 13.3. The third-order valence-corrected chi connectivity index (χ3v) is 6.36. The van der Waals surface area contributed by atoms with Crippen LogP contribution in [0.25, 0.3) is 10.9 Å². The third-order valence-electron chi connectivity index (χ3n) is 6.36. The van der Waals surface area contributed by atoms with Crippen molar-refractivity contribution in [2.24, 2.45) is 7.05 Å². The lowest BCUT2D eigenvalue weighted by atomic mass is 9.87. The topological polar surface area (TPSA) is 71.6 Å². The number of aromatic nitrogens is 1. The van der Waals surface area contributed by atoms with Gasteiger partial charge in [0, 0.05) is 74.8 Å². The number of amides is 1. The molecule has 1 aliphatic rings. The molecule has 0 bridgehead atoms. The Morgan fingerprint density at radius 1 is 1.06 bits per heavy atom. The maximum absolute atomic E-state index is 13.3. The molecule has 162 valence electrons. The summed E-state index contributed by atoms with van der Waals surface area (Å²) in [7, 11) is 2.00. The number of aryl methyl sites for hydroxylation is 1. The summed E-state index contributed by atoms with van der Waals surface area (Å²) in [6.45, 7) is 6.44. The number of fused-ring (bicyclic) bond motifs is 1. The molecule has 2 heterocycles. The van der Waals surface area contributed by atoms with Gasteiger partial charge < -0.3 is 14.4 Å². The van der Waals surface area contributed by atoms with Gasteiger partial charge in [-0.2, -0.15) is 0 Å². The van der Waals surface area contributed by atoms with Gasteiger partial charge in [0.2, 0.25) is 5.91 Å². The van der Waals surface area contributed by atoms with E-state index in [0.717, 1.165) is 54.8 Å². The van der Waals surface area contributed by atoms with Crippen LogP contribution in [0.3, 0.4) is 0 Å². The number of benzene rings is 2. The van der Waals surface area contributed by atoms with Gasteiger partial charge in [-0.15, -0.1) is 0 Å².